The van der Waals surface area contributed by atoms with Gasteiger partial charge in [-0.25, -0.2) is 4.57 Å². The van der Waals surface area contributed by atoms with Crippen LogP contribution in [0.1, 0.15) is 239 Å². The molecule has 2 unspecified atom stereocenters. The molecule has 56 heavy (non-hydrogen) atoms. The highest BCUT2D eigenvalue weighted by Gasteiger charge is 2.26. The lowest BCUT2D eigenvalue weighted by molar-refractivity contribution is -0.870. The molecule has 336 valence electrons. The second-order valence-corrected chi connectivity index (χ2v) is 19.3. The minimum absolute atomic E-state index is 0.0939. The summed E-state index contributed by atoms with van der Waals surface area (Å²) in [5, 5.41) is 0. The summed E-state index contributed by atoms with van der Waals surface area (Å²) < 4.78 is 35.0. The number of nitrogens with zero attached hydrogens (tertiary/aromatic N) is 1. The number of hydrogen-bond donors (Lipinski definition) is 1. The quantitative estimate of drug-likeness (QED) is 0.0283. The molecular weight excluding hydrogens is 721 g/mol. The first kappa shape index (κ1) is 55.5. The van der Waals surface area contributed by atoms with Crippen LogP contribution in [0.15, 0.2) is 0 Å². The third-order valence-corrected chi connectivity index (χ3v) is 11.9. The molecule has 2 atom stereocenters. The maximum absolute atomic E-state index is 12.7. The van der Waals surface area contributed by atoms with Gasteiger partial charge < -0.3 is 18.9 Å². The average molecular weight is 819 g/mol. The lowest BCUT2D eigenvalue weighted by Crippen LogP contribution is -2.37. The molecular formula is C47H97NO7P+. The summed E-state index contributed by atoms with van der Waals surface area (Å²) in [6.07, 6.45) is 44.3. The molecule has 0 spiro atoms. The first-order valence-electron chi connectivity index (χ1n) is 24.3. The minimum Gasteiger partial charge on any atom is -0.457 e. The zero-order valence-electron chi connectivity index (χ0n) is 38.2. The van der Waals surface area contributed by atoms with Crippen LogP contribution in [-0.4, -0.2) is 75.6 Å². The van der Waals surface area contributed by atoms with E-state index in [0.717, 1.165) is 32.1 Å². The van der Waals surface area contributed by atoms with Gasteiger partial charge in [-0.2, -0.15) is 0 Å². The van der Waals surface area contributed by atoms with E-state index in [1.54, 1.807) is 0 Å². The maximum Gasteiger partial charge on any atom is 0.472 e. The van der Waals surface area contributed by atoms with Crippen LogP contribution in [0.25, 0.3) is 0 Å². The van der Waals surface area contributed by atoms with Crippen LogP contribution in [-0.2, 0) is 27.9 Å². The van der Waals surface area contributed by atoms with Crippen molar-refractivity contribution in [2.24, 2.45) is 0 Å². The van der Waals surface area contributed by atoms with E-state index in [1.807, 2.05) is 21.1 Å². The normalized spacial score (nSPS) is 13.6. The zero-order valence-corrected chi connectivity index (χ0v) is 39.0. The Morgan fingerprint density at radius 3 is 1.18 bits per heavy atom. The van der Waals surface area contributed by atoms with Gasteiger partial charge in [-0.1, -0.05) is 219 Å². The van der Waals surface area contributed by atoms with Gasteiger partial charge in [-0.05, 0) is 12.8 Å². The first-order chi connectivity index (χ1) is 27.1. The highest BCUT2D eigenvalue weighted by molar-refractivity contribution is 7.47. The van der Waals surface area contributed by atoms with E-state index in [1.165, 1.54) is 186 Å². The van der Waals surface area contributed by atoms with Gasteiger partial charge in [0.15, 0.2) is 0 Å². The zero-order chi connectivity index (χ0) is 41.3. The van der Waals surface area contributed by atoms with E-state index >= 15 is 0 Å². The number of rotatable bonds is 46. The first-order valence-corrected chi connectivity index (χ1v) is 25.8. The van der Waals surface area contributed by atoms with Crippen molar-refractivity contribution >= 4 is 13.8 Å². The van der Waals surface area contributed by atoms with Gasteiger partial charge in [-0.3, -0.25) is 13.8 Å². The van der Waals surface area contributed by atoms with Gasteiger partial charge in [0.05, 0.1) is 34.4 Å². The van der Waals surface area contributed by atoms with Crippen LogP contribution in [0.2, 0.25) is 0 Å². The summed E-state index contributed by atoms with van der Waals surface area (Å²) in [4.78, 5) is 22.9. The van der Waals surface area contributed by atoms with Gasteiger partial charge in [0.25, 0.3) is 0 Å². The lowest BCUT2D eigenvalue weighted by atomic mass is 10.0. The highest BCUT2D eigenvalue weighted by Crippen LogP contribution is 2.43. The second kappa shape index (κ2) is 41.2. The molecule has 0 aromatic rings. The SMILES string of the molecule is CCCCCCCCCCCCCCCCCCCCCCCCCOCC(COP(=O)(O)OCC[N+](C)(C)C)OC(=O)CCCCCCCCCCCCC. The van der Waals surface area contributed by atoms with E-state index < -0.39 is 13.9 Å². The molecule has 9 heteroatoms. The molecule has 0 aliphatic carbocycles. The van der Waals surface area contributed by atoms with Gasteiger partial charge in [0.2, 0.25) is 0 Å². The second-order valence-electron chi connectivity index (χ2n) is 17.9. The molecule has 0 saturated heterocycles. The number of phosphoric acid groups is 1. The predicted octanol–water partition coefficient (Wildman–Crippen LogP) is 14.4. The number of ether oxygens (including phenoxy) is 2. The van der Waals surface area contributed by atoms with E-state index in [4.69, 9.17) is 18.5 Å². The minimum atomic E-state index is -4.27. The number of quaternary nitrogens is 1. The van der Waals surface area contributed by atoms with Gasteiger partial charge in [-0.15, -0.1) is 0 Å². The molecule has 0 radical (unpaired) electrons. The lowest BCUT2D eigenvalue weighted by Gasteiger charge is -2.24. The third-order valence-electron chi connectivity index (χ3n) is 10.9. The molecule has 1 N–H and O–H groups in total. The number of carbonyl (C=O) groups is 1. The molecule has 0 aliphatic rings. The van der Waals surface area contributed by atoms with E-state index in [-0.39, 0.29) is 25.8 Å². The molecule has 8 nitrogen and oxygen atoms in total. The van der Waals surface area contributed by atoms with Crippen molar-refractivity contribution in [1.29, 1.82) is 0 Å². The van der Waals surface area contributed by atoms with Gasteiger partial charge in [0, 0.05) is 13.0 Å². The summed E-state index contributed by atoms with van der Waals surface area (Å²) in [5.41, 5.74) is 0. The molecule has 0 bridgehead atoms. The maximum atomic E-state index is 12.7. The van der Waals surface area contributed by atoms with Crippen molar-refractivity contribution in [3.63, 3.8) is 0 Å². The number of phosphoric ester groups is 1. The van der Waals surface area contributed by atoms with Crippen molar-refractivity contribution in [3.8, 4) is 0 Å². The van der Waals surface area contributed by atoms with Crippen molar-refractivity contribution in [2.45, 2.75) is 245 Å². The summed E-state index contributed by atoms with van der Waals surface area (Å²) in [6.45, 7) is 5.68. The fourth-order valence-electron chi connectivity index (χ4n) is 7.14. The monoisotopic (exact) mass is 819 g/mol. The van der Waals surface area contributed by atoms with Crippen LogP contribution < -0.4 is 0 Å². The molecule has 0 rings (SSSR count). The molecule has 0 amide bonds. The molecule has 0 aliphatic heterocycles. The van der Waals surface area contributed by atoms with E-state index in [0.29, 0.717) is 24.1 Å². The Labute approximate surface area is 348 Å². The van der Waals surface area contributed by atoms with E-state index in [2.05, 4.69) is 13.8 Å². The van der Waals surface area contributed by atoms with Gasteiger partial charge in [0.1, 0.15) is 19.3 Å². The summed E-state index contributed by atoms with van der Waals surface area (Å²) in [5.74, 6) is -0.309. The Bertz CT molecular complexity index is 868. The van der Waals surface area contributed by atoms with Crippen molar-refractivity contribution in [2.75, 3.05) is 54.1 Å². The summed E-state index contributed by atoms with van der Waals surface area (Å²) in [6, 6.07) is 0. The fraction of sp³-hybridized carbons (Fsp3) is 0.979. The van der Waals surface area contributed by atoms with Gasteiger partial charge >= 0.3 is 13.8 Å². The number of hydrogen-bond acceptors (Lipinski definition) is 6. The number of likely N-dealkylation sites (N-methyl/N-ethyl adjacent to an activating group) is 1. The van der Waals surface area contributed by atoms with E-state index in [9.17, 15) is 14.3 Å². The van der Waals surface area contributed by atoms with Crippen LogP contribution in [0.4, 0.5) is 0 Å². The number of carbonyl (C=O) groups excluding carboxylic acids is 1. The largest absolute Gasteiger partial charge is 0.472 e. The number of esters is 1. The van der Waals surface area contributed by atoms with Crippen LogP contribution >= 0.6 is 7.82 Å². The Kier molecular flexibility index (Phi) is 40.9. The number of unbranched alkanes of at least 4 members (excludes halogenated alkanes) is 32. The van der Waals surface area contributed by atoms with Crippen LogP contribution in [0.3, 0.4) is 0 Å². The molecule has 0 aromatic carbocycles. The summed E-state index contributed by atoms with van der Waals surface area (Å²) >= 11 is 0. The van der Waals surface area contributed by atoms with Crippen LogP contribution in [0.5, 0.6) is 0 Å². The molecule has 0 fully saturated rings. The van der Waals surface area contributed by atoms with Crippen molar-refractivity contribution in [1.82, 2.24) is 0 Å². The topological polar surface area (TPSA) is 91.3 Å². The Balaban J connectivity index is 4.01. The Hall–Kier alpha value is -0.500. The van der Waals surface area contributed by atoms with Crippen molar-refractivity contribution in [3.05, 3.63) is 0 Å². The fourth-order valence-corrected chi connectivity index (χ4v) is 7.89. The molecule has 0 heterocycles. The summed E-state index contributed by atoms with van der Waals surface area (Å²) in [7, 11) is 1.69. The smallest absolute Gasteiger partial charge is 0.457 e. The molecule has 0 saturated carbocycles. The highest BCUT2D eigenvalue weighted by atomic mass is 31.2. The standard InChI is InChI=1S/C47H96NO7P/c1-6-8-10-12-14-16-18-19-20-21-22-23-24-25-26-27-28-29-31-33-35-37-39-42-52-44-46(45-54-56(50,51)53-43-41-48(3,4)5)55-47(49)40-38-36-34-32-30-17-15-13-11-9-7-2/h46H,6-45H2,1-5H3/p+1. The molecule has 0 aromatic heterocycles. The predicted molar refractivity (Wildman–Crippen MR) is 238 cm³/mol. The van der Waals surface area contributed by atoms with Crippen molar-refractivity contribution < 1.29 is 37.3 Å². The average Bonchev–Trinajstić information content (AvgIpc) is 3.15. The van der Waals surface area contributed by atoms with Crippen LogP contribution in [0, 0.1) is 0 Å². The third kappa shape index (κ3) is 44.6. The Morgan fingerprint density at radius 2 is 0.821 bits per heavy atom. The Morgan fingerprint density at radius 1 is 0.482 bits per heavy atom.